The molecule has 0 N–H and O–H groups in total. The lowest BCUT2D eigenvalue weighted by Gasteiger charge is -2.12. The number of ether oxygens (including phenoxy) is 2. The fourth-order valence-electron chi connectivity index (χ4n) is 1.17. The number of alkyl halides is 3. The molecule has 0 aliphatic heterocycles. The van der Waals surface area contributed by atoms with Crippen molar-refractivity contribution < 1.29 is 22.6 Å². The average molecular weight is 296 g/mol. The van der Waals surface area contributed by atoms with Crippen molar-refractivity contribution in [3.05, 3.63) is 23.8 Å². The Morgan fingerprint density at radius 1 is 1.39 bits per heavy atom. The molecular weight excluding hydrogens is 285 g/mol. The zero-order valence-corrected chi connectivity index (χ0v) is 11.3. The predicted octanol–water partition coefficient (Wildman–Crippen LogP) is 4.13. The van der Waals surface area contributed by atoms with E-state index in [1.807, 2.05) is 0 Å². The summed E-state index contributed by atoms with van der Waals surface area (Å²) in [6, 6.07) is 3.22. The second-order valence-electron chi connectivity index (χ2n) is 3.15. The molecule has 0 saturated heterocycles. The summed E-state index contributed by atoms with van der Waals surface area (Å²) < 4.78 is 47.9. The van der Waals surface area contributed by atoms with Crippen LogP contribution in [0.5, 0.6) is 5.75 Å². The van der Waals surface area contributed by atoms with E-state index in [2.05, 4.69) is 0 Å². The van der Waals surface area contributed by atoms with Crippen molar-refractivity contribution in [3.8, 4) is 5.75 Å². The van der Waals surface area contributed by atoms with Crippen LogP contribution in [0.1, 0.15) is 12.5 Å². The Kier molecular flexibility index (Phi) is 5.28. The topological polar surface area (TPSA) is 18.5 Å². The molecule has 1 aromatic carbocycles. The molecule has 0 fully saturated rings. The van der Waals surface area contributed by atoms with Crippen LogP contribution in [0.4, 0.5) is 13.2 Å². The highest BCUT2D eigenvalue weighted by Gasteiger charge is 2.31. The highest BCUT2D eigenvalue weighted by molar-refractivity contribution is 8.22. The molecule has 0 aromatic heterocycles. The molecule has 0 atom stereocenters. The number of thioether (sulfide) groups is 1. The smallest absolute Gasteiger partial charge is 0.416 e. The number of halogens is 3. The van der Waals surface area contributed by atoms with Crippen LogP contribution in [0.3, 0.4) is 0 Å². The molecule has 0 aliphatic rings. The van der Waals surface area contributed by atoms with E-state index in [0.29, 0.717) is 12.4 Å². The third-order valence-corrected chi connectivity index (χ3v) is 3.14. The van der Waals surface area contributed by atoms with E-state index >= 15 is 0 Å². The molecule has 0 amide bonds. The summed E-state index contributed by atoms with van der Waals surface area (Å²) >= 11 is 5.82. The predicted molar refractivity (Wildman–Crippen MR) is 68.1 cm³/mol. The Balaban J connectivity index is 3.03. The maximum absolute atomic E-state index is 12.6. The SMILES string of the molecule is CCOC(=S)Sc1cc(C(F)(F)F)ccc1OC. The molecule has 18 heavy (non-hydrogen) atoms. The minimum atomic E-state index is -4.39. The van der Waals surface area contributed by atoms with Crippen LogP contribution in [-0.4, -0.2) is 18.1 Å². The van der Waals surface area contributed by atoms with E-state index < -0.39 is 11.7 Å². The van der Waals surface area contributed by atoms with Gasteiger partial charge < -0.3 is 9.47 Å². The summed E-state index contributed by atoms with van der Waals surface area (Å²) in [4.78, 5) is 0.283. The van der Waals surface area contributed by atoms with Gasteiger partial charge in [-0.05, 0) is 49.1 Å². The number of rotatable bonds is 3. The summed E-state index contributed by atoms with van der Waals surface area (Å²) in [7, 11) is 1.39. The molecule has 1 aromatic rings. The summed E-state index contributed by atoms with van der Waals surface area (Å²) in [6.45, 7) is 2.11. The van der Waals surface area contributed by atoms with Crippen LogP contribution in [0, 0.1) is 0 Å². The molecule has 0 spiro atoms. The first kappa shape index (κ1) is 15.1. The summed E-state index contributed by atoms with van der Waals surface area (Å²) in [5.41, 5.74) is -0.745. The molecule has 0 saturated carbocycles. The van der Waals surface area contributed by atoms with Gasteiger partial charge in [-0.15, -0.1) is 0 Å². The lowest BCUT2D eigenvalue weighted by Crippen LogP contribution is -2.05. The molecular formula is C11H11F3O2S2. The van der Waals surface area contributed by atoms with Gasteiger partial charge in [-0.3, -0.25) is 0 Å². The van der Waals surface area contributed by atoms with Gasteiger partial charge in [0.05, 0.1) is 24.2 Å². The fourth-order valence-corrected chi connectivity index (χ4v) is 2.35. The maximum atomic E-state index is 12.6. The maximum Gasteiger partial charge on any atom is 0.416 e. The van der Waals surface area contributed by atoms with Crippen LogP contribution in [0.2, 0.25) is 0 Å². The molecule has 0 heterocycles. The molecule has 0 bridgehead atoms. The van der Waals surface area contributed by atoms with Crippen molar-refractivity contribution >= 4 is 28.4 Å². The third-order valence-electron chi connectivity index (χ3n) is 1.95. The normalized spacial score (nSPS) is 11.2. The van der Waals surface area contributed by atoms with Crippen molar-refractivity contribution in [2.24, 2.45) is 0 Å². The van der Waals surface area contributed by atoms with E-state index in [1.165, 1.54) is 13.2 Å². The van der Waals surface area contributed by atoms with E-state index in [4.69, 9.17) is 21.7 Å². The zero-order valence-electron chi connectivity index (χ0n) is 9.71. The Morgan fingerprint density at radius 3 is 2.56 bits per heavy atom. The molecule has 100 valence electrons. The Labute approximate surface area is 112 Å². The van der Waals surface area contributed by atoms with Gasteiger partial charge in [0, 0.05) is 0 Å². The fraction of sp³-hybridized carbons (Fsp3) is 0.364. The summed E-state index contributed by atoms with van der Waals surface area (Å²) in [5, 5.41) is 0. The molecule has 1 rings (SSSR count). The Morgan fingerprint density at radius 2 is 2.06 bits per heavy atom. The monoisotopic (exact) mass is 296 g/mol. The Bertz CT molecular complexity index is 433. The van der Waals surface area contributed by atoms with Crippen molar-refractivity contribution in [1.82, 2.24) is 0 Å². The van der Waals surface area contributed by atoms with Gasteiger partial charge in [-0.25, -0.2) is 0 Å². The number of thiocarbonyl (C=S) groups is 1. The minimum absolute atomic E-state index is 0.162. The summed E-state index contributed by atoms with van der Waals surface area (Å²) in [6.07, 6.45) is -4.39. The van der Waals surface area contributed by atoms with Crippen LogP contribution < -0.4 is 4.74 Å². The van der Waals surface area contributed by atoms with Gasteiger partial charge in [0.2, 0.25) is 4.38 Å². The average Bonchev–Trinajstić information content (AvgIpc) is 2.28. The van der Waals surface area contributed by atoms with Crippen molar-refractivity contribution in [3.63, 3.8) is 0 Å². The second-order valence-corrected chi connectivity index (χ2v) is 4.79. The quantitative estimate of drug-likeness (QED) is 0.616. The van der Waals surface area contributed by atoms with E-state index in [9.17, 15) is 13.2 Å². The van der Waals surface area contributed by atoms with E-state index in [0.717, 1.165) is 23.9 Å². The standard InChI is InChI=1S/C11H11F3O2S2/c1-3-16-10(17)18-9-6-7(11(12,13)14)4-5-8(9)15-2/h4-6H,3H2,1-2H3. The van der Waals surface area contributed by atoms with Gasteiger partial charge >= 0.3 is 6.18 Å². The first-order valence-corrected chi connectivity index (χ1v) is 6.20. The van der Waals surface area contributed by atoms with E-state index in [1.54, 1.807) is 6.92 Å². The van der Waals surface area contributed by atoms with Gasteiger partial charge in [0.15, 0.2) is 0 Å². The van der Waals surface area contributed by atoms with E-state index in [-0.39, 0.29) is 9.28 Å². The largest absolute Gasteiger partial charge is 0.496 e. The number of hydrogen-bond acceptors (Lipinski definition) is 4. The Hall–Kier alpha value is -0.950. The second kappa shape index (κ2) is 6.29. The number of hydrogen-bond donors (Lipinski definition) is 0. The van der Waals surface area contributed by atoms with Crippen LogP contribution in [0.15, 0.2) is 23.1 Å². The van der Waals surface area contributed by atoms with Crippen molar-refractivity contribution in [2.45, 2.75) is 18.0 Å². The first-order valence-electron chi connectivity index (χ1n) is 4.98. The molecule has 7 heteroatoms. The number of methoxy groups -OCH3 is 1. The van der Waals surface area contributed by atoms with Crippen molar-refractivity contribution in [1.29, 1.82) is 0 Å². The van der Waals surface area contributed by atoms with Gasteiger partial charge in [0.25, 0.3) is 0 Å². The highest BCUT2D eigenvalue weighted by Crippen LogP contribution is 2.37. The van der Waals surface area contributed by atoms with Gasteiger partial charge in [0.1, 0.15) is 5.75 Å². The molecule has 0 unspecified atom stereocenters. The molecule has 2 nitrogen and oxygen atoms in total. The third kappa shape index (κ3) is 4.06. The minimum Gasteiger partial charge on any atom is -0.496 e. The van der Waals surface area contributed by atoms with Gasteiger partial charge in [-0.1, -0.05) is 0 Å². The zero-order chi connectivity index (χ0) is 13.8. The lowest BCUT2D eigenvalue weighted by molar-refractivity contribution is -0.137. The van der Waals surface area contributed by atoms with Crippen LogP contribution in [0.25, 0.3) is 0 Å². The first-order chi connectivity index (χ1) is 8.38. The van der Waals surface area contributed by atoms with Gasteiger partial charge in [-0.2, -0.15) is 13.2 Å². The summed E-state index contributed by atoms with van der Waals surface area (Å²) in [5.74, 6) is 0.329. The lowest BCUT2D eigenvalue weighted by atomic mass is 10.2. The molecule has 0 aliphatic carbocycles. The van der Waals surface area contributed by atoms with Crippen molar-refractivity contribution in [2.75, 3.05) is 13.7 Å². The number of benzene rings is 1. The highest BCUT2D eigenvalue weighted by atomic mass is 32.2. The molecule has 0 radical (unpaired) electrons. The van der Waals surface area contributed by atoms with Crippen LogP contribution in [-0.2, 0) is 10.9 Å². The van der Waals surface area contributed by atoms with Crippen LogP contribution >= 0.6 is 24.0 Å².